The molecule has 1 amide bonds. The van der Waals surface area contributed by atoms with Crippen LogP contribution >= 0.6 is 0 Å². The number of para-hydroxylation sites is 2. The molecule has 0 spiro atoms. The standard InChI is InChI=1S/C25H27NO4/c1-17(18-13-15-19(28-2)16-14-18)25(27)26-24(20-9-5-7-11-22(20)29-3)21-10-6-8-12-23(21)30-4/h5-17,24H,1-4H3,(H,26,27). The van der Waals surface area contributed by atoms with Gasteiger partial charge < -0.3 is 19.5 Å². The van der Waals surface area contributed by atoms with Crippen LogP contribution in [0.3, 0.4) is 0 Å². The number of carbonyl (C=O) groups excluding carboxylic acids is 1. The maximum Gasteiger partial charge on any atom is 0.228 e. The first-order valence-electron chi connectivity index (χ1n) is 9.79. The minimum absolute atomic E-state index is 0.0954. The molecule has 0 saturated carbocycles. The van der Waals surface area contributed by atoms with E-state index in [2.05, 4.69) is 5.32 Å². The van der Waals surface area contributed by atoms with E-state index >= 15 is 0 Å². The molecular weight excluding hydrogens is 378 g/mol. The molecule has 3 aromatic rings. The summed E-state index contributed by atoms with van der Waals surface area (Å²) in [5.74, 6) is 1.72. The van der Waals surface area contributed by atoms with Gasteiger partial charge in [-0.05, 0) is 36.8 Å². The average molecular weight is 405 g/mol. The number of carbonyl (C=O) groups is 1. The van der Waals surface area contributed by atoms with E-state index in [0.717, 1.165) is 22.4 Å². The largest absolute Gasteiger partial charge is 0.497 e. The lowest BCUT2D eigenvalue weighted by molar-refractivity contribution is -0.122. The molecule has 0 radical (unpaired) electrons. The highest BCUT2D eigenvalue weighted by molar-refractivity contribution is 5.84. The lowest BCUT2D eigenvalue weighted by atomic mass is 9.94. The Morgan fingerprint density at radius 2 is 1.23 bits per heavy atom. The minimum Gasteiger partial charge on any atom is -0.497 e. The summed E-state index contributed by atoms with van der Waals surface area (Å²) < 4.78 is 16.3. The number of ether oxygens (including phenoxy) is 3. The Morgan fingerprint density at radius 1 is 0.733 bits per heavy atom. The molecule has 0 aliphatic heterocycles. The highest BCUT2D eigenvalue weighted by Crippen LogP contribution is 2.35. The Morgan fingerprint density at radius 3 is 1.70 bits per heavy atom. The molecular formula is C25H27NO4. The molecule has 3 rings (SSSR count). The highest BCUT2D eigenvalue weighted by atomic mass is 16.5. The van der Waals surface area contributed by atoms with Crippen LogP contribution in [-0.2, 0) is 4.79 Å². The zero-order valence-electron chi connectivity index (χ0n) is 17.7. The van der Waals surface area contributed by atoms with Gasteiger partial charge >= 0.3 is 0 Å². The first-order valence-corrected chi connectivity index (χ1v) is 9.79. The monoisotopic (exact) mass is 405 g/mol. The number of nitrogens with one attached hydrogen (secondary N) is 1. The Kier molecular flexibility index (Phi) is 6.96. The predicted octanol–water partition coefficient (Wildman–Crippen LogP) is 4.72. The lowest BCUT2D eigenvalue weighted by Gasteiger charge is -2.25. The summed E-state index contributed by atoms with van der Waals surface area (Å²) in [5, 5.41) is 3.20. The molecule has 1 atom stereocenters. The predicted molar refractivity (Wildman–Crippen MR) is 117 cm³/mol. The Hall–Kier alpha value is -3.47. The molecule has 156 valence electrons. The van der Waals surface area contributed by atoms with E-state index in [4.69, 9.17) is 14.2 Å². The summed E-state index contributed by atoms with van der Waals surface area (Å²) in [6.45, 7) is 1.89. The molecule has 1 unspecified atom stereocenters. The normalized spacial score (nSPS) is 11.6. The summed E-state index contributed by atoms with van der Waals surface area (Å²) >= 11 is 0. The minimum atomic E-state index is -0.425. The molecule has 0 bridgehead atoms. The third-order valence-electron chi connectivity index (χ3n) is 5.20. The van der Waals surface area contributed by atoms with Crippen molar-refractivity contribution in [2.45, 2.75) is 18.9 Å². The fourth-order valence-electron chi connectivity index (χ4n) is 3.44. The molecule has 30 heavy (non-hydrogen) atoms. The summed E-state index contributed by atoms with van der Waals surface area (Å²) in [4.78, 5) is 13.2. The van der Waals surface area contributed by atoms with E-state index in [0.29, 0.717) is 11.5 Å². The van der Waals surface area contributed by atoms with Gasteiger partial charge in [-0.3, -0.25) is 4.79 Å². The van der Waals surface area contributed by atoms with Gasteiger partial charge in [0.2, 0.25) is 5.91 Å². The molecule has 0 saturated heterocycles. The van der Waals surface area contributed by atoms with Gasteiger partial charge in [0.25, 0.3) is 0 Å². The van der Waals surface area contributed by atoms with Crippen LogP contribution in [0.1, 0.15) is 35.6 Å². The number of benzene rings is 3. The van der Waals surface area contributed by atoms with Crippen molar-refractivity contribution in [2.24, 2.45) is 0 Å². The van der Waals surface area contributed by atoms with Crippen LogP contribution < -0.4 is 19.5 Å². The van der Waals surface area contributed by atoms with Crippen LogP contribution in [-0.4, -0.2) is 27.2 Å². The zero-order valence-corrected chi connectivity index (χ0v) is 17.7. The maximum atomic E-state index is 13.2. The van der Waals surface area contributed by atoms with Crippen molar-refractivity contribution in [2.75, 3.05) is 21.3 Å². The van der Waals surface area contributed by atoms with Gasteiger partial charge in [-0.1, -0.05) is 48.5 Å². The Labute approximate surface area is 177 Å². The van der Waals surface area contributed by atoms with E-state index < -0.39 is 6.04 Å². The van der Waals surface area contributed by atoms with Crippen molar-refractivity contribution in [1.82, 2.24) is 5.32 Å². The Balaban J connectivity index is 1.96. The van der Waals surface area contributed by atoms with Crippen molar-refractivity contribution in [1.29, 1.82) is 0 Å². The fourth-order valence-corrected chi connectivity index (χ4v) is 3.44. The second-order valence-electron chi connectivity index (χ2n) is 6.92. The van der Waals surface area contributed by atoms with E-state index in [-0.39, 0.29) is 11.8 Å². The number of methoxy groups -OCH3 is 3. The van der Waals surface area contributed by atoms with Gasteiger partial charge in [-0.15, -0.1) is 0 Å². The molecule has 0 heterocycles. The number of hydrogen-bond acceptors (Lipinski definition) is 4. The lowest BCUT2D eigenvalue weighted by Crippen LogP contribution is -2.33. The number of rotatable bonds is 8. The van der Waals surface area contributed by atoms with Gasteiger partial charge in [-0.2, -0.15) is 0 Å². The summed E-state index contributed by atoms with van der Waals surface area (Å²) in [5.41, 5.74) is 2.63. The van der Waals surface area contributed by atoms with E-state index in [1.54, 1.807) is 21.3 Å². The third kappa shape index (κ3) is 4.57. The van der Waals surface area contributed by atoms with Gasteiger partial charge in [0, 0.05) is 11.1 Å². The Bertz CT molecular complexity index is 937. The van der Waals surface area contributed by atoms with Gasteiger partial charge in [0.15, 0.2) is 0 Å². The molecule has 3 aromatic carbocycles. The smallest absolute Gasteiger partial charge is 0.228 e. The molecule has 5 heteroatoms. The first-order chi connectivity index (χ1) is 14.6. The van der Waals surface area contributed by atoms with E-state index in [1.165, 1.54) is 0 Å². The van der Waals surface area contributed by atoms with Crippen molar-refractivity contribution in [3.8, 4) is 17.2 Å². The van der Waals surface area contributed by atoms with Gasteiger partial charge in [-0.25, -0.2) is 0 Å². The topological polar surface area (TPSA) is 56.8 Å². The molecule has 0 aliphatic rings. The molecule has 0 aromatic heterocycles. The highest BCUT2D eigenvalue weighted by Gasteiger charge is 2.26. The van der Waals surface area contributed by atoms with Gasteiger partial charge in [0.1, 0.15) is 17.2 Å². The van der Waals surface area contributed by atoms with Gasteiger partial charge in [0.05, 0.1) is 33.3 Å². The van der Waals surface area contributed by atoms with Crippen LogP contribution in [0.2, 0.25) is 0 Å². The maximum absolute atomic E-state index is 13.2. The SMILES string of the molecule is COc1ccc(C(C)C(=O)NC(c2ccccc2OC)c2ccccc2OC)cc1. The number of amides is 1. The van der Waals surface area contributed by atoms with Crippen molar-refractivity contribution in [3.63, 3.8) is 0 Å². The van der Waals surface area contributed by atoms with Crippen LogP contribution in [0.4, 0.5) is 0 Å². The second kappa shape index (κ2) is 9.83. The third-order valence-corrected chi connectivity index (χ3v) is 5.20. The molecule has 5 nitrogen and oxygen atoms in total. The zero-order chi connectivity index (χ0) is 21.5. The molecule has 1 N–H and O–H groups in total. The first kappa shape index (κ1) is 21.2. The van der Waals surface area contributed by atoms with Crippen LogP contribution in [0.5, 0.6) is 17.2 Å². The van der Waals surface area contributed by atoms with Crippen molar-refractivity contribution >= 4 is 5.91 Å². The van der Waals surface area contributed by atoms with Crippen LogP contribution in [0.25, 0.3) is 0 Å². The van der Waals surface area contributed by atoms with Crippen LogP contribution in [0.15, 0.2) is 72.8 Å². The number of hydrogen-bond donors (Lipinski definition) is 1. The summed E-state index contributed by atoms with van der Waals surface area (Å²) in [7, 11) is 4.87. The summed E-state index contributed by atoms with van der Waals surface area (Å²) in [6.07, 6.45) is 0. The average Bonchev–Trinajstić information content (AvgIpc) is 2.82. The van der Waals surface area contributed by atoms with E-state index in [9.17, 15) is 4.79 Å². The fraction of sp³-hybridized carbons (Fsp3) is 0.240. The molecule has 0 fully saturated rings. The van der Waals surface area contributed by atoms with E-state index in [1.807, 2.05) is 79.7 Å². The summed E-state index contributed by atoms with van der Waals surface area (Å²) in [6, 6.07) is 22.5. The second-order valence-corrected chi connectivity index (χ2v) is 6.92. The molecule has 0 aliphatic carbocycles. The quantitative estimate of drug-likeness (QED) is 0.589. The van der Waals surface area contributed by atoms with Crippen molar-refractivity contribution in [3.05, 3.63) is 89.5 Å². The van der Waals surface area contributed by atoms with Crippen LogP contribution in [0, 0.1) is 0 Å². The van der Waals surface area contributed by atoms with Crippen molar-refractivity contribution < 1.29 is 19.0 Å².